The van der Waals surface area contributed by atoms with Crippen LogP contribution >= 0.6 is 24.4 Å². The van der Waals surface area contributed by atoms with Crippen molar-refractivity contribution < 1.29 is 35.5 Å². The largest absolute Gasteiger partial charge is 0.459 e. The Kier molecular flexibility index (Phi) is 5.85. The molecule has 0 bridgehead atoms. The molecule has 0 aliphatic heterocycles. The Bertz CT molecular complexity index is 904. The number of benzene rings is 1. The number of aromatic nitrogens is 2. The Morgan fingerprint density at radius 2 is 1.81 bits per heavy atom. The third-order valence-corrected chi connectivity index (χ3v) is 3.64. The zero-order valence-corrected chi connectivity index (χ0v) is 14.2. The summed E-state index contributed by atoms with van der Waals surface area (Å²) in [6.45, 7) is -3.19. The molecule has 0 atom stereocenters. The molecule has 2 aromatic rings. The molecule has 1 aromatic carbocycles. The molecule has 1 N–H and O–H groups in total. The second-order valence-corrected chi connectivity index (χ2v) is 5.48. The van der Waals surface area contributed by atoms with Gasteiger partial charge in [0.1, 0.15) is 17.8 Å². The van der Waals surface area contributed by atoms with Gasteiger partial charge in [-0.05, 0) is 0 Å². The number of ether oxygens (including phenoxy) is 1. The van der Waals surface area contributed by atoms with E-state index in [9.17, 15) is 35.5 Å². The summed E-state index contributed by atoms with van der Waals surface area (Å²) in [5.41, 5.74) is -3.61. The zero-order valence-electron chi connectivity index (χ0n) is 12.6. The van der Waals surface area contributed by atoms with Crippen LogP contribution in [0.4, 0.5) is 36.4 Å². The Morgan fingerprint density at radius 3 is 2.30 bits per heavy atom. The maximum atomic E-state index is 13.3. The minimum atomic E-state index is -5.96. The van der Waals surface area contributed by atoms with Crippen LogP contribution in [-0.2, 0) is 5.92 Å². The van der Waals surface area contributed by atoms with Crippen molar-refractivity contribution in [3.63, 3.8) is 0 Å². The van der Waals surface area contributed by atoms with Crippen molar-refractivity contribution in [1.29, 1.82) is 0 Å². The van der Waals surface area contributed by atoms with E-state index in [1.165, 1.54) is 0 Å². The van der Waals surface area contributed by atoms with Crippen molar-refractivity contribution in [2.75, 3.05) is 4.72 Å². The van der Waals surface area contributed by atoms with Crippen molar-refractivity contribution in [3.8, 4) is 11.4 Å². The maximum Gasteiger partial charge on any atom is 0.459 e. The van der Waals surface area contributed by atoms with Crippen LogP contribution in [0.15, 0.2) is 29.3 Å². The van der Waals surface area contributed by atoms with Gasteiger partial charge < -0.3 is 9.46 Å². The lowest BCUT2D eigenvalue weighted by Crippen LogP contribution is -2.36. The van der Waals surface area contributed by atoms with Crippen LogP contribution in [0.3, 0.4) is 0 Å². The molecular weight excluding hydrogens is 431 g/mol. The van der Waals surface area contributed by atoms with E-state index in [0.29, 0.717) is 10.9 Å². The van der Waals surface area contributed by atoms with Crippen molar-refractivity contribution in [2.24, 2.45) is 0 Å². The molecule has 0 unspecified atom stereocenters. The van der Waals surface area contributed by atoms with Crippen LogP contribution in [-0.4, -0.2) is 22.3 Å². The summed E-state index contributed by atoms with van der Waals surface area (Å²) in [5.74, 6) is -5.77. The number of thiol groups is 1. The summed E-state index contributed by atoms with van der Waals surface area (Å²) in [4.78, 5) is 15.0. The van der Waals surface area contributed by atoms with E-state index < -0.39 is 35.7 Å². The van der Waals surface area contributed by atoms with E-state index in [1.54, 1.807) is 0 Å². The van der Waals surface area contributed by atoms with Gasteiger partial charge in [-0.3, -0.25) is 9.36 Å². The Labute approximate surface area is 156 Å². The number of nitrogens with zero attached hydrogens (tertiary/aromatic N) is 2. The molecule has 0 saturated carbocycles. The van der Waals surface area contributed by atoms with Crippen LogP contribution < -0.4 is 15.0 Å². The Balaban J connectivity index is 2.58. The topological polar surface area (TPSA) is 56.2 Å². The number of hydrogen-bond donors (Lipinski definition) is 2. The van der Waals surface area contributed by atoms with Gasteiger partial charge in [-0.1, -0.05) is 24.4 Å². The van der Waals surface area contributed by atoms with E-state index in [1.807, 2.05) is 0 Å². The Hall–Kier alpha value is -2.15. The zero-order chi connectivity index (χ0) is 20.6. The standard InChI is InChI=1S/C13H7ClF7N3O2S/c14-6-1-5(26-11(15)16)2-7(23-27)10(6)24-4-22-8(3-9(24)25)12(17,18)13(19,20)21/h1-4,11,23,27H. The predicted octanol–water partition coefficient (Wildman–Crippen LogP) is 4.40. The van der Waals surface area contributed by atoms with Gasteiger partial charge in [0.25, 0.3) is 5.56 Å². The summed E-state index contributed by atoms with van der Waals surface area (Å²) in [7, 11) is 0. The van der Waals surface area contributed by atoms with Gasteiger partial charge in [-0.25, -0.2) is 4.98 Å². The quantitative estimate of drug-likeness (QED) is 0.538. The average molecular weight is 438 g/mol. The van der Waals surface area contributed by atoms with Crippen molar-refractivity contribution in [3.05, 3.63) is 45.6 Å². The van der Waals surface area contributed by atoms with E-state index in [-0.39, 0.29) is 22.5 Å². The van der Waals surface area contributed by atoms with Crippen molar-refractivity contribution in [2.45, 2.75) is 18.7 Å². The Morgan fingerprint density at radius 1 is 1.19 bits per heavy atom. The molecule has 27 heavy (non-hydrogen) atoms. The third-order valence-electron chi connectivity index (χ3n) is 3.11. The van der Waals surface area contributed by atoms with Gasteiger partial charge in [0.2, 0.25) is 0 Å². The highest BCUT2D eigenvalue weighted by Gasteiger charge is 2.60. The third kappa shape index (κ3) is 4.24. The van der Waals surface area contributed by atoms with E-state index in [0.717, 1.165) is 12.1 Å². The summed E-state index contributed by atoms with van der Waals surface area (Å²) >= 11 is 9.59. The number of alkyl halides is 7. The number of hydrogen-bond acceptors (Lipinski definition) is 5. The minimum absolute atomic E-state index is 0.0182. The molecule has 0 amide bonds. The highest BCUT2D eigenvalue weighted by Crippen LogP contribution is 2.42. The lowest BCUT2D eigenvalue weighted by molar-refractivity contribution is -0.291. The van der Waals surface area contributed by atoms with Crippen LogP contribution in [0.2, 0.25) is 5.02 Å². The normalized spacial score (nSPS) is 12.4. The first kappa shape index (κ1) is 21.2. The molecule has 0 aliphatic rings. The fourth-order valence-electron chi connectivity index (χ4n) is 1.96. The molecule has 0 spiro atoms. The highest BCUT2D eigenvalue weighted by molar-refractivity contribution is 7.81. The molecule has 1 heterocycles. The first-order chi connectivity index (χ1) is 12.4. The number of halogens is 8. The molecule has 0 saturated heterocycles. The molecule has 0 aliphatic carbocycles. The van der Waals surface area contributed by atoms with Crippen molar-refractivity contribution >= 4 is 30.1 Å². The maximum absolute atomic E-state index is 13.3. The van der Waals surface area contributed by atoms with Crippen LogP contribution in [0.1, 0.15) is 5.69 Å². The van der Waals surface area contributed by atoms with Crippen molar-refractivity contribution in [1.82, 2.24) is 9.55 Å². The SMILES string of the molecule is O=c1cc(C(F)(F)C(F)(F)F)ncn1-c1c(Cl)cc(OC(F)F)cc1NS. The number of rotatable bonds is 5. The molecule has 0 radical (unpaired) electrons. The van der Waals surface area contributed by atoms with Crippen LogP contribution in [0.25, 0.3) is 5.69 Å². The van der Waals surface area contributed by atoms with Crippen LogP contribution in [0.5, 0.6) is 5.75 Å². The predicted molar refractivity (Wildman–Crippen MR) is 84.0 cm³/mol. The fourth-order valence-corrected chi connectivity index (χ4v) is 2.43. The van der Waals surface area contributed by atoms with E-state index in [4.69, 9.17) is 11.6 Å². The molecule has 14 heteroatoms. The van der Waals surface area contributed by atoms with E-state index >= 15 is 0 Å². The summed E-state index contributed by atoms with van der Waals surface area (Å²) < 4.78 is 95.3. The second-order valence-electron chi connectivity index (χ2n) is 4.85. The van der Waals surface area contributed by atoms with Gasteiger partial charge in [-0.15, -0.1) is 0 Å². The van der Waals surface area contributed by atoms with Crippen LogP contribution in [0, 0.1) is 0 Å². The lowest BCUT2D eigenvalue weighted by atomic mass is 10.2. The molecule has 148 valence electrons. The molecular formula is C13H7ClF7N3O2S. The summed E-state index contributed by atoms with van der Waals surface area (Å²) in [6, 6.07) is 1.81. The average Bonchev–Trinajstić information content (AvgIpc) is 2.53. The van der Waals surface area contributed by atoms with Gasteiger partial charge in [0, 0.05) is 18.2 Å². The smallest absolute Gasteiger partial charge is 0.435 e. The van der Waals surface area contributed by atoms with Gasteiger partial charge in [0.05, 0.1) is 16.4 Å². The minimum Gasteiger partial charge on any atom is -0.435 e. The summed E-state index contributed by atoms with van der Waals surface area (Å²) in [5, 5.41) is -0.371. The first-order valence-corrected chi connectivity index (χ1v) is 7.43. The lowest BCUT2D eigenvalue weighted by Gasteiger charge is -2.19. The van der Waals surface area contributed by atoms with Gasteiger partial charge in [0.15, 0.2) is 0 Å². The van der Waals surface area contributed by atoms with Gasteiger partial charge >= 0.3 is 18.7 Å². The monoisotopic (exact) mass is 437 g/mol. The summed E-state index contributed by atoms with van der Waals surface area (Å²) in [6.07, 6.45) is -5.57. The molecule has 2 rings (SSSR count). The number of anilines is 1. The number of nitrogens with one attached hydrogen (secondary N) is 1. The highest BCUT2D eigenvalue weighted by atomic mass is 35.5. The molecule has 0 fully saturated rings. The van der Waals surface area contributed by atoms with E-state index in [2.05, 4.69) is 27.3 Å². The molecule has 5 nitrogen and oxygen atoms in total. The van der Waals surface area contributed by atoms with Gasteiger partial charge in [-0.2, -0.15) is 30.7 Å². The second kappa shape index (κ2) is 7.46. The molecule has 1 aromatic heterocycles. The first-order valence-electron chi connectivity index (χ1n) is 6.61. The fraction of sp³-hybridized carbons (Fsp3) is 0.231.